The normalized spacial score (nSPS) is 20.5. The Balaban J connectivity index is 0.00000481. The van der Waals surface area contributed by atoms with Crippen molar-refractivity contribution in [1.29, 1.82) is 0 Å². The standard InChI is InChI=1S/C23H28N2O9S2.Li.H/c1-4-33-22(30)13(23(31)34-5-2)10-15-14(11-32-3)18(21(28)29)25-19(27)17(20(25)36-15)24-16(26)9-12-7-6-8-35-12;;/h6-8,13,15,17,20H,4-5,9-11H2,1-3H3,(H,24,26)(H,28,29);;/t15?,17?,20-;;/m1../s1. The van der Waals surface area contributed by atoms with Crippen molar-refractivity contribution in [3.8, 4) is 0 Å². The van der Waals surface area contributed by atoms with Crippen molar-refractivity contribution in [3.05, 3.63) is 33.7 Å². The van der Waals surface area contributed by atoms with Gasteiger partial charge in [-0.2, -0.15) is 0 Å². The number of ether oxygens (including phenoxy) is 3. The summed E-state index contributed by atoms with van der Waals surface area (Å²) in [6, 6.07) is 2.67. The van der Waals surface area contributed by atoms with Gasteiger partial charge in [-0.1, -0.05) is 6.07 Å². The molecule has 0 spiro atoms. The summed E-state index contributed by atoms with van der Waals surface area (Å²) in [5.74, 6) is -5.12. The number of thioether (sulfide) groups is 1. The molecule has 2 amide bonds. The Labute approximate surface area is 234 Å². The first-order valence-electron chi connectivity index (χ1n) is 11.3. The zero-order chi connectivity index (χ0) is 26.4. The van der Waals surface area contributed by atoms with Gasteiger partial charge in [-0.05, 0) is 37.3 Å². The molecule has 1 aromatic heterocycles. The molecule has 14 heteroatoms. The number of amides is 2. The van der Waals surface area contributed by atoms with Crippen LogP contribution in [0.25, 0.3) is 0 Å². The molecule has 3 atom stereocenters. The molecule has 0 aromatic carbocycles. The number of nitrogens with zero attached hydrogens (tertiary/aromatic N) is 1. The van der Waals surface area contributed by atoms with Gasteiger partial charge in [-0.15, -0.1) is 23.1 Å². The van der Waals surface area contributed by atoms with Gasteiger partial charge in [0.25, 0.3) is 5.91 Å². The van der Waals surface area contributed by atoms with E-state index < -0.39 is 46.4 Å². The van der Waals surface area contributed by atoms with Gasteiger partial charge in [0.2, 0.25) is 5.91 Å². The third kappa shape index (κ3) is 6.97. The number of hydrogen-bond donors (Lipinski definition) is 2. The van der Waals surface area contributed by atoms with E-state index in [0.717, 1.165) is 9.78 Å². The Kier molecular flexibility index (Phi) is 11.7. The first-order chi connectivity index (χ1) is 17.2. The molecule has 1 aromatic rings. The molecule has 1 saturated heterocycles. The second-order valence-corrected chi connectivity index (χ2v) is 10.3. The Morgan fingerprint density at radius 2 is 1.81 bits per heavy atom. The summed E-state index contributed by atoms with van der Waals surface area (Å²) in [5.41, 5.74) is -0.0209. The van der Waals surface area contributed by atoms with E-state index in [1.165, 1.54) is 30.2 Å². The topological polar surface area (TPSA) is 149 Å². The van der Waals surface area contributed by atoms with Gasteiger partial charge < -0.3 is 24.6 Å². The van der Waals surface area contributed by atoms with Crippen LogP contribution in [0.3, 0.4) is 0 Å². The fourth-order valence-electron chi connectivity index (χ4n) is 4.07. The number of carboxylic acid groups (broad SMARTS) is 1. The van der Waals surface area contributed by atoms with E-state index in [0.29, 0.717) is 0 Å². The van der Waals surface area contributed by atoms with Crippen molar-refractivity contribution in [2.24, 2.45) is 5.92 Å². The number of β-lactam (4-membered cyclic amide) rings is 1. The summed E-state index contributed by atoms with van der Waals surface area (Å²) in [5, 5.41) is 13.1. The number of carboxylic acids is 1. The number of hydrogen-bond acceptors (Lipinski definition) is 10. The van der Waals surface area contributed by atoms with Crippen LogP contribution < -0.4 is 5.32 Å². The molecule has 0 saturated carbocycles. The molecule has 2 aliphatic heterocycles. The first-order valence-corrected chi connectivity index (χ1v) is 13.1. The van der Waals surface area contributed by atoms with Gasteiger partial charge in [-0.3, -0.25) is 24.1 Å². The molecule has 3 heterocycles. The van der Waals surface area contributed by atoms with Crippen LogP contribution in [0, 0.1) is 5.92 Å². The van der Waals surface area contributed by atoms with Gasteiger partial charge in [0.15, 0.2) is 5.92 Å². The number of esters is 2. The maximum absolute atomic E-state index is 12.9. The number of thiophene rings is 1. The van der Waals surface area contributed by atoms with E-state index in [9.17, 15) is 29.1 Å². The molecule has 0 radical (unpaired) electrons. The summed E-state index contributed by atoms with van der Waals surface area (Å²) in [6.45, 7) is 3.18. The van der Waals surface area contributed by atoms with Crippen LogP contribution in [0.15, 0.2) is 28.8 Å². The van der Waals surface area contributed by atoms with E-state index >= 15 is 0 Å². The van der Waals surface area contributed by atoms with E-state index in [1.807, 2.05) is 11.4 Å². The van der Waals surface area contributed by atoms with Crippen LogP contribution in [0.4, 0.5) is 0 Å². The second kappa shape index (κ2) is 14.0. The van der Waals surface area contributed by atoms with Gasteiger partial charge in [-0.25, -0.2) is 4.79 Å². The average Bonchev–Trinajstić information content (AvgIpc) is 3.34. The predicted molar refractivity (Wildman–Crippen MR) is 137 cm³/mol. The Morgan fingerprint density at radius 3 is 2.32 bits per heavy atom. The SMILES string of the molecule is CCOC(=O)C(CC1S[C@@H]2C(NC(=O)Cc3cccs3)C(=O)N2C(C(=O)O)=C1COC)C(=O)OCC.[LiH]. The fourth-order valence-corrected chi connectivity index (χ4v) is 6.43. The zero-order valence-electron chi connectivity index (χ0n) is 20.1. The predicted octanol–water partition coefficient (Wildman–Crippen LogP) is 0.528. The van der Waals surface area contributed by atoms with Crippen LogP contribution in [0.1, 0.15) is 25.1 Å². The fraction of sp³-hybridized carbons (Fsp3) is 0.522. The third-order valence-corrected chi connectivity index (χ3v) is 8.05. The zero-order valence-corrected chi connectivity index (χ0v) is 21.7. The monoisotopic (exact) mass is 548 g/mol. The quantitative estimate of drug-likeness (QED) is 0.164. The Bertz CT molecular complexity index is 1030. The van der Waals surface area contributed by atoms with Crippen LogP contribution >= 0.6 is 23.1 Å². The molecule has 37 heavy (non-hydrogen) atoms. The number of carbonyl (C=O) groups is 5. The average molecular weight is 549 g/mol. The molecule has 198 valence electrons. The number of nitrogens with one attached hydrogen (secondary N) is 1. The van der Waals surface area contributed by atoms with E-state index in [1.54, 1.807) is 19.9 Å². The minimum atomic E-state index is -1.35. The van der Waals surface area contributed by atoms with E-state index in [4.69, 9.17) is 14.2 Å². The third-order valence-electron chi connectivity index (χ3n) is 5.61. The first kappa shape index (κ1) is 30.9. The summed E-state index contributed by atoms with van der Waals surface area (Å²) in [4.78, 5) is 64.8. The van der Waals surface area contributed by atoms with Gasteiger partial charge >= 0.3 is 36.8 Å². The van der Waals surface area contributed by atoms with Crippen molar-refractivity contribution < 1.29 is 43.3 Å². The minimum absolute atomic E-state index is 0. The van der Waals surface area contributed by atoms with E-state index in [2.05, 4.69) is 5.32 Å². The molecule has 0 aliphatic carbocycles. The van der Waals surface area contributed by atoms with Crippen LogP contribution in [-0.4, -0.2) is 102 Å². The summed E-state index contributed by atoms with van der Waals surface area (Å²) in [6.07, 6.45) is -0.0290. The molecule has 0 bridgehead atoms. The molecule has 2 unspecified atom stereocenters. The van der Waals surface area contributed by atoms with Crippen LogP contribution in [0.2, 0.25) is 0 Å². The van der Waals surface area contributed by atoms with Crippen molar-refractivity contribution in [1.82, 2.24) is 10.2 Å². The number of rotatable bonds is 12. The number of fused-ring (bicyclic) bond motifs is 1. The summed E-state index contributed by atoms with van der Waals surface area (Å²) >= 11 is 2.60. The number of methoxy groups -OCH3 is 1. The molecule has 1 fully saturated rings. The molecule has 11 nitrogen and oxygen atoms in total. The molecular weight excluding hydrogens is 519 g/mol. The molecule has 2 aliphatic rings. The van der Waals surface area contributed by atoms with Crippen LogP contribution in [-0.2, 0) is 44.6 Å². The number of aliphatic carboxylic acids is 1. The van der Waals surface area contributed by atoms with Crippen molar-refractivity contribution >= 4 is 71.7 Å². The molecular formula is C23H29LiN2O9S2. The maximum atomic E-state index is 12.9. The Hall–Kier alpha value is -2.30. The molecule has 2 N–H and O–H groups in total. The van der Waals surface area contributed by atoms with Gasteiger partial charge in [0, 0.05) is 17.2 Å². The van der Waals surface area contributed by atoms with Gasteiger partial charge in [0.1, 0.15) is 17.1 Å². The summed E-state index contributed by atoms with van der Waals surface area (Å²) < 4.78 is 15.3. The number of carbonyl (C=O) groups excluding carboxylic acids is 4. The van der Waals surface area contributed by atoms with Crippen molar-refractivity contribution in [2.45, 2.75) is 43.4 Å². The van der Waals surface area contributed by atoms with Crippen molar-refractivity contribution in [2.75, 3.05) is 26.9 Å². The molecule has 3 rings (SSSR count). The Morgan fingerprint density at radius 1 is 1.16 bits per heavy atom. The van der Waals surface area contributed by atoms with Crippen molar-refractivity contribution in [3.63, 3.8) is 0 Å². The van der Waals surface area contributed by atoms with Crippen LogP contribution in [0.5, 0.6) is 0 Å². The van der Waals surface area contributed by atoms with E-state index in [-0.39, 0.29) is 68.7 Å². The second-order valence-electron chi connectivity index (χ2n) is 7.93. The van der Waals surface area contributed by atoms with Gasteiger partial charge in [0.05, 0.1) is 26.2 Å². The summed E-state index contributed by atoms with van der Waals surface area (Å²) in [7, 11) is 1.37.